The molecule has 0 fully saturated rings. The third-order valence-electron chi connectivity index (χ3n) is 3.12. The van der Waals surface area contributed by atoms with Crippen molar-refractivity contribution in [3.05, 3.63) is 65.6 Å². The average Bonchev–Trinajstić information content (AvgIpc) is 2.79. The van der Waals surface area contributed by atoms with Gasteiger partial charge < -0.3 is 9.72 Å². The molecule has 1 N–H and O–H groups in total. The second-order valence-corrected chi connectivity index (χ2v) is 4.58. The molecule has 2 aromatic carbocycles. The van der Waals surface area contributed by atoms with E-state index in [1.165, 1.54) is 12.1 Å². The van der Waals surface area contributed by atoms with Crippen molar-refractivity contribution in [1.82, 2.24) is 4.98 Å². The zero-order valence-electron chi connectivity index (χ0n) is 10.6. The van der Waals surface area contributed by atoms with Crippen LogP contribution < -0.4 is 4.74 Å². The number of para-hydroxylation sites is 1. The summed E-state index contributed by atoms with van der Waals surface area (Å²) in [7, 11) is 0. The minimum atomic E-state index is -0.224. The van der Waals surface area contributed by atoms with Crippen LogP contribution in [-0.4, -0.2) is 4.98 Å². The second-order valence-electron chi connectivity index (χ2n) is 4.58. The Hall–Kier alpha value is -2.29. The van der Waals surface area contributed by atoms with Crippen molar-refractivity contribution in [3.63, 3.8) is 0 Å². The molecule has 0 unspecified atom stereocenters. The molecule has 3 aromatic rings. The zero-order valence-corrected chi connectivity index (χ0v) is 10.6. The minimum absolute atomic E-state index is 0.224. The van der Waals surface area contributed by atoms with Crippen LogP contribution in [0.4, 0.5) is 4.39 Å². The molecule has 0 atom stereocenters. The molecule has 0 aliphatic rings. The summed E-state index contributed by atoms with van der Waals surface area (Å²) in [5.41, 5.74) is 2.96. The molecule has 19 heavy (non-hydrogen) atoms. The molecular formula is C16H14FNO. The number of halogens is 1. The summed E-state index contributed by atoms with van der Waals surface area (Å²) in [5.74, 6) is 0.644. The van der Waals surface area contributed by atoms with E-state index in [0.29, 0.717) is 6.61 Å². The van der Waals surface area contributed by atoms with Gasteiger partial charge in [-0.15, -0.1) is 0 Å². The third-order valence-corrected chi connectivity index (χ3v) is 3.12. The number of aromatic amines is 1. The predicted octanol–water partition coefficient (Wildman–Crippen LogP) is 4.19. The summed E-state index contributed by atoms with van der Waals surface area (Å²) < 4.78 is 18.9. The fourth-order valence-corrected chi connectivity index (χ4v) is 2.12. The van der Waals surface area contributed by atoms with Gasteiger partial charge in [0.2, 0.25) is 0 Å². The summed E-state index contributed by atoms with van der Waals surface area (Å²) in [6, 6.07) is 14.5. The Labute approximate surface area is 110 Å². The quantitative estimate of drug-likeness (QED) is 0.745. The number of aromatic nitrogens is 1. The number of fused-ring (bicyclic) bond motifs is 1. The van der Waals surface area contributed by atoms with E-state index in [4.69, 9.17) is 4.74 Å². The van der Waals surface area contributed by atoms with E-state index >= 15 is 0 Å². The first-order chi connectivity index (χ1) is 9.22. The lowest BCUT2D eigenvalue weighted by atomic mass is 10.2. The molecule has 0 aliphatic carbocycles. The molecule has 0 spiro atoms. The van der Waals surface area contributed by atoms with Gasteiger partial charge in [-0.2, -0.15) is 0 Å². The average molecular weight is 255 g/mol. The van der Waals surface area contributed by atoms with E-state index in [9.17, 15) is 4.39 Å². The third kappa shape index (κ3) is 2.45. The molecule has 0 saturated carbocycles. The zero-order chi connectivity index (χ0) is 13.2. The van der Waals surface area contributed by atoms with Gasteiger partial charge in [-0.1, -0.05) is 18.2 Å². The van der Waals surface area contributed by atoms with E-state index in [1.807, 2.05) is 37.3 Å². The molecule has 2 nitrogen and oxygen atoms in total. The van der Waals surface area contributed by atoms with Crippen LogP contribution in [0.3, 0.4) is 0 Å². The maximum Gasteiger partial charge on any atom is 0.128 e. The number of hydrogen-bond acceptors (Lipinski definition) is 1. The van der Waals surface area contributed by atoms with Gasteiger partial charge in [0, 0.05) is 10.9 Å². The topological polar surface area (TPSA) is 25.0 Å². The summed E-state index contributed by atoms with van der Waals surface area (Å²) in [6.45, 7) is 2.46. The molecular weight excluding hydrogens is 241 g/mol. The lowest BCUT2D eigenvalue weighted by Crippen LogP contribution is -1.96. The van der Waals surface area contributed by atoms with Crippen LogP contribution in [0.25, 0.3) is 10.9 Å². The molecule has 96 valence electrons. The summed E-state index contributed by atoms with van der Waals surface area (Å²) >= 11 is 0. The van der Waals surface area contributed by atoms with E-state index < -0.39 is 0 Å². The Morgan fingerprint density at radius 1 is 1.11 bits per heavy atom. The van der Waals surface area contributed by atoms with Crippen LogP contribution in [0, 0.1) is 12.7 Å². The summed E-state index contributed by atoms with van der Waals surface area (Å²) in [4.78, 5) is 3.22. The molecule has 1 aromatic heterocycles. The molecule has 0 radical (unpaired) electrons. The molecule has 1 heterocycles. The SMILES string of the molecule is Cc1ccccc1OCc1cc2cc(F)ccc2[nH]1. The number of hydrogen-bond donors (Lipinski definition) is 1. The van der Waals surface area contributed by atoms with Crippen molar-refractivity contribution in [1.29, 1.82) is 0 Å². The van der Waals surface area contributed by atoms with Crippen LogP contribution in [0.15, 0.2) is 48.5 Å². The molecule has 3 heteroatoms. The summed E-state index contributed by atoms with van der Waals surface area (Å²) in [6.07, 6.45) is 0. The Morgan fingerprint density at radius 3 is 2.79 bits per heavy atom. The molecule has 0 aliphatic heterocycles. The number of ether oxygens (including phenoxy) is 1. The van der Waals surface area contributed by atoms with Gasteiger partial charge in [0.1, 0.15) is 18.2 Å². The fourth-order valence-electron chi connectivity index (χ4n) is 2.12. The van der Waals surface area contributed by atoms with Crippen LogP contribution >= 0.6 is 0 Å². The highest BCUT2D eigenvalue weighted by atomic mass is 19.1. The van der Waals surface area contributed by atoms with Crippen molar-refractivity contribution in [3.8, 4) is 5.75 Å². The van der Waals surface area contributed by atoms with Crippen molar-refractivity contribution in [2.45, 2.75) is 13.5 Å². The Balaban J connectivity index is 1.80. The smallest absolute Gasteiger partial charge is 0.128 e. The molecule has 3 rings (SSSR count). The molecule has 0 amide bonds. The van der Waals surface area contributed by atoms with Crippen LogP contribution in [0.2, 0.25) is 0 Å². The van der Waals surface area contributed by atoms with E-state index in [-0.39, 0.29) is 5.82 Å². The maximum atomic E-state index is 13.1. The van der Waals surface area contributed by atoms with E-state index in [2.05, 4.69) is 4.98 Å². The van der Waals surface area contributed by atoms with Crippen molar-refractivity contribution in [2.75, 3.05) is 0 Å². The summed E-state index contributed by atoms with van der Waals surface area (Å²) in [5, 5.41) is 0.864. The first-order valence-corrected chi connectivity index (χ1v) is 6.18. The van der Waals surface area contributed by atoms with Crippen molar-refractivity contribution >= 4 is 10.9 Å². The Morgan fingerprint density at radius 2 is 1.95 bits per heavy atom. The van der Waals surface area contributed by atoms with Crippen molar-refractivity contribution < 1.29 is 9.13 Å². The standard InChI is InChI=1S/C16H14FNO/c1-11-4-2-3-5-16(11)19-10-14-9-12-8-13(17)6-7-15(12)18-14/h2-9,18H,10H2,1H3. The van der Waals surface area contributed by atoms with Gasteiger partial charge in [0.05, 0.1) is 5.69 Å². The van der Waals surface area contributed by atoms with Gasteiger partial charge >= 0.3 is 0 Å². The highest BCUT2D eigenvalue weighted by Gasteiger charge is 2.04. The van der Waals surface area contributed by atoms with Crippen LogP contribution in [0.5, 0.6) is 5.75 Å². The number of rotatable bonds is 3. The minimum Gasteiger partial charge on any atom is -0.487 e. The monoisotopic (exact) mass is 255 g/mol. The first-order valence-electron chi connectivity index (χ1n) is 6.18. The van der Waals surface area contributed by atoms with E-state index in [0.717, 1.165) is 27.9 Å². The molecule has 0 bridgehead atoms. The Kier molecular flexibility index (Phi) is 2.95. The highest BCUT2D eigenvalue weighted by molar-refractivity contribution is 5.80. The number of H-pyrrole nitrogens is 1. The lowest BCUT2D eigenvalue weighted by molar-refractivity contribution is 0.300. The number of aryl methyl sites for hydroxylation is 1. The van der Waals surface area contributed by atoms with E-state index in [1.54, 1.807) is 6.07 Å². The Bertz CT molecular complexity index is 718. The van der Waals surface area contributed by atoms with Crippen molar-refractivity contribution in [2.24, 2.45) is 0 Å². The van der Waals surface area contributed by atoms with Gasteiger partial charge in [0.25, 0.3) is 0 Å². The molecule has 0 saturated heterocycles. The van der Waals surface area contributed by atoms with Crippen LogP contribution in [0.1, 0.15) is 11.3 Å². The van der Waals surface area contributed by atoms with Gasteiger partial charge in [-0.05, 0) is 42.8 Å². The number of nitrogens with one attached hydrogen (secondary N) is 1. The largest absolute Gasteiger partial charge is 0.487 e. The normalized spacial score (nSPS) is 10.8. The van der Waals surface area contributed by atoms with Crippen LogP contribution in [-0.2, 0) is 6.61 Å². The second kappa shape index (κ2) is 4.76. The number of benzene rings is 2. The van der Waals surface area contributed by atoms with Gasteiger partial charge in [0.15, 0.2) is 0 Å². The van der Waals surface area contributed by atoms with Gasteiger partial charge in [-0.25, -0.2) is 4.39 Å². The first kappa shape index (κ1) is 11.8. The fraction of sp³-hybridized carbons (Fsp3) is 0.125. The highest BCUT2D eigenvalue weighted by Crippen LogP contribution is 2.20. The van der Waals surface area contributed by atoms with Gasteiger partial charge in [-0.3, -0.25) is 0 Å². The maximum absolute atomic E-state index is 13.1. The predicted molar refractivity (Wildman–Crippen MR) is 73.8 cm³/mol. The lowest BCUT2D eigenvalue weighted by Gasteiger charge is -2.07.